The van der Waals surface area contributed by atoms with Gasteiger partial charge in [-0.15, -0.1) is 0 Å². The highest BCUT2D eigenvalue weighted by atomic mass is 32.2. The minimum atomic E-state index is -3.72. The highest BCUT2D eigenvalue weighted by Gasteiger charge is 2.31. The molecule has 1 aliphatic rings. The van der Waals surface area contributed by atoms with Crippen LogP contribution in [-0.2, 0) is 19.6 Å². The minimum absolute atomic E-state index is 0.0393. The van der Waals surface area contributed by atoms with Crippen LogP contribution in [0.1, 0.15) is 12.5 Å². The van der Waals surface area contributed by atoms with Crippen molar-refractivity contribution >= 4 is 27.7 Å². The monoisotopic (exact) mass is 420 g/mol. The zero-order chi connectivity index (χ0) is 21.0. The van der Waals surface area contributed by atoms with E-state index in [0.29, 0.717) is 5.56 Å². The summed E-state index contributed by atoms with van der Waals surface area (Å²) in [4.78, 5) is 28.0. The Morgan fingerprint density at radius 3 is 2.59 bits per heavy atom. The summed E-state index contributed by atoms with van der Waals surface area (Å²) >= 11 is 0. The van der Waals surface area contributed by atoms with Gasteiger partial charge in [-0.1, -0.05) is 24.3 Å². The van der Waals surface area contributed by atoms with Gasteiger partial charge in [0, 0.05) is 5.56 Å². The van der Waals surface area contributed by atoms with Gasteiger partial charge in [0.1, 0.15) is 11.9 Å². The second kappa shape index (κ2) is 8.27. The van der Waals surface area contributed by atoms with Crippen LogP contribution in [0.25, 0.3) is 0 Å². The Morgan fingerprint density at radius 2 is 1.83 bits per heavy atom. The fraction of sp³-hybridized carbons (Fsp3) is 0.167. The number of hydrogen-bond acceptors (Lipinski definition) is 6. The van der Waals surface area contributed by atoms with Gasteiger partial charge in [-0.05, 0) is 31.2 Å². The molecule has 9 nitrogen and oxygen atoms in total. The third-order valence-electron chi connectivity index (χ3n) is 3.89. The van der Waals surface area contributed by atoms with Gasteiger partial charge in [-0.2, -0.15) is 0 Å². The van der Waals surface area contributed by atoms with E-state index in [2.05, 4.69) is 20.6 Å². The maximum atomic E-state index is 13.4. The summed E-state index contributed by atoms with van der Waals surface area (Å²) < 4.78 is 44.8. The van der Waals surface area contributed by atoms with Gasteiger partial charge in [-0.3, -0.25) is 30.2 Å². The smallest absolute Gasteiger partial charge is 0.276 e. The summed E-state index contributed by atoms with van der Waals surface area (Å²) in [5, 5.41) is 0. The summed E-state index contributed by atoms with van der Waals surface area (Å²) in [5.74, 6) is -2.07. The van der Waals surface area contributed by atoms with E-state index in [1.807, 2.05) is 0 Å². The predicted octanol–water partition coefficient (Wildman–Crippen LogP) is 0.479. The van der Waals surface area contributed by atoms with Crippen LogP contribution in [0.5, 0.6) is 5.75 Å². The fourth-order valence-electron chi connectivity index (χ4n) is 2.46. The lowest BCUT2D eigenvalue weighted by Gasteiger charge is -2.11. The van der Waals surface area contributed by atoms with Gasteiger partial charge < -0.3 is 4.74 Å². The van der Waals surface area contributed by atoms with E-state index in [4.69, 9.17) is 4.74 Å². The lowest BCUT2D eigenvalue weighted by atomic mass is 10.2. The molecular formula is C18H17FN4O5S. The molecule has 0 aliphatic carbocycles. The van der Waals surface area contributed by atoms with Gasteiger partial charge >= 0.3 is 0 Å². The van der Waals surface area contributed by atoms with Gasteiger partial charge in [-0.25, -0.2) is 12.8 Å². The van der Waals surface area contributed by atoms with Gasteiger partial charge in [0.25, 0.3) is 21.8 Å². The Hall–Kier alpha value is -3.47. The van der Waals surface area contributed by atoms with E-state index < -0.39 is 40.3 Å². The van der Waals surface area contributed by atoms with Crippen molar-refractivity contribution in [2.24, 2.45) is 4.99 Å². The van der Waals surface area contributed by atoms with E-state index in [1.54, 1.807) is 24.3 Å². The molecule has 3 N–H and O–H groups in total. The Labute approximate surface area is 166 Å². The molecule has 0 fully saturated rings. The number of sulfonamides is 1. The summed E-state index contributed by atoms with van der Waals surface area (Å²) in [5.41, 5.74) is 4.63. The third-order valence-corrected chi connectivity index (χ3v) is 5.28. The molecule has 3 rings (SSSR count). The predicted molar refractivity (Wildman–Crippen MR) is 101 cm³/mol. The Morgan fingerprint density at radius 1 is 1.14 bits per heavy atom. The second-order valence-electron chi connectivity index (χ2n) is 6.01. The number of nitrogens with one attached hydrogen (secondary N) is 3. The van der Waals surface area contributed by atoms with Crippen LogP contribution >= 0.6 is 0 Å². The first-order chi connectivity index (χ1) is 13.8. The first-order valence-electron chi connectivity index (χ1n) is 8.44. The number of para-hydroxylation sites is 1. The van der Waals surface area contributed by atoms with Crippen molar-refractivity contribution in [2.75, 3.05) is 6.61 Å². The van der Waals surface area contributed by atoms with Gasteiger partial charge in [0.2, 0.25) is 0 Å². The van der Waals surface area contributed by atoms with Crippen molar-refractivity contribution in [1.29, 1.82) is 0 Å². The fourth-order valence-corrected chi connectivity index (χ4v) is 3.70. The van der Waals surface area contributed by atoms with Crippen LogP contribution in [0.2, 0.25) is 0 Å². The van der Waals surface area contributed by atoms with E-state index in [1.165, 1.54) is 31.2 Å². The number of carbonyl (C=O) groups is 2. The number of benzene rings is 2. The zero-order valence-electron chi connectivity index (χ0n) is 15.2. The van der Waals surface area contributed by atoms with Gasteiger partial charge in [0.15, 0.2) is 18.2 Å². The van der Waals surface area contributed by atoms with Crippen molar-refractivity contribution < 1.29 is 27.1 Å². The van der Waals surface area contributed by atoms with Crippen LogP contribution in [0.3, 0.4) is 0 Å². The molecule has 0 spiro atoms. The molecule has 0 unspecified atom stereocenters. The Bertz CT molecular complexity index is 1090. The number of rotatable bonds is 5. The lowest BCUT2D eigenvalue weighted by Crippen LogP contribution is -2.47. The van der Waals surface area contributed by atoms with Crippen molar-refractivity contribution in [3.63, 3.8) is 0 Å². The topological polar surface area (TPSA) is 126 Å². The molecule has 0 saturated heterocycles. The number of hydrazine groups is 1. The number of halogens is 1. The molecule has 2 aromatic carbocycles. The van der Waals surface area contributed by atoms with Crippen LogP contribution in [-0.4, -0.2) is 38.7 Å². The molecule has 0 aromatic heterocycles. The molecule has 0 saturated carbocycles. The quantitative estimate of drug-likeness (QED) is 0.607. The van der Waals surface area contributed by atoms with E-state index in [-0.39, 0.29) is 16.5 Å². The lowest BCUT2D eigenvalue weighted by molar-refractivity contribution is -0.130. The molecule has 0 radical (unpaired) electrons. The molecule has 2 amide bonds. The number of fused-ring (bicyclic) bond motifs is 1. The molecule has 1 atom stereocenters. The summed E-state index contributed by atoms with van der Waals surface area (Å²) in [6, 6.07) is 10.8. The van der Waals surface area contributed by atoms with E-state index >= 15 is 0 Å². The first-order valence-corrected chi connectivity index (χ1v) is 9.92. The SMILES string of the molecule is C[C@H](N=C1NS(=O)(=O)c2ccccc21)C(=O)NNC(=O)COc1ccccc1F. The number of amides is 2. The highest BCUT2D eigenvalue weighted by molar-refractivity contribution is 7.90. The molecule has 1 heterocycles. The maximum Gasteiger partial charge on any atom is 0.276 e. The normalized spacial score (nSPS) is 16.4. The molecule has 11 heteroatoms. The largest absolute Gasteiger partial charge is 0.481 e. The molecule has 29 heavy (non-hydrogen) atoms. The first kappa shape index (κ1) is 20.3. The number of nitrogens with zero attached hydrogens (tertiary/aromatic N) is 1. The maximum absolute atomic E-state index is 13.4. The molecule has 2 aromatic rings. The number of amidine groups is 1. The average molecular weight is 420 g/mol. The van der Waals surface area contributed by atoms with E-state index in [9.17, 15) is 22.4 Å². The molecule has 152 valence electrons. The van der Waals surface area contributed by atoms with Crippen molar-refractivity contribution in [1.82, 2.24) is 15.6 Å². The number of hydrogen-bond donors (Lipinski definition) is 3. The van der Waals surface area contributed by atoms with Crippen molar-refractivity contribution in [3.05, 3.63) is 59.9 Å². The standard InChI is InChI=1S/C18H17FN4O5S/c1-11(20-17-12-6-2-5-9-15(12)29(26,27)23-17)18(25)22-21-16(24)10-28-14-8-4-3-7-13(14)19/h2-9,11H,10H2,1H3,(H,20,23)(H,21,24)(H,22,25)/t11-/m0/s1. The summed E-state index contributed by atoms with van der Waals surface area (Å²) in [6.45, 7) is 0.914. The average Bonchev–Trinajstić information content (AvgIpc) is 2.95. The zero-order valence-corrected chi connectivity index (χ0v) is 16.0. The highest BCUT2D eigenvalue weighted by Crippen LogP contribution is 2.22. The molecule has 0 bridgehead atoms. The number of carbonyl (C=O) groups excluding carboxylic acids is 2. The number of aliphatic imine (C=N–C) groups is 1. The minimum Gasteiger partial charge on any atom is -0.481 e. The second-order valence-corrected chi connectivity index (χ2v) is 7.66. The Kier molecular flexibility index (Phi) is 5.78. The van der Waals surface area contributed by atoms with Crippen LogP contribution in [0.15, 0.2) is 58.4 Å². The van der Waals surface area contributed by atoms with E-state index in [0.717, 1.165) is 0 Å². The van der Waals surface area contributed by atoms with Crippen LogP contribution < -0.4 is 20.3 Å². The van der Waals surface area contributed by atoms with Crippen molar-refractivity contribution in [2.45, 2.75) is 17.9 Å². The molecular weight excluding hydrogens is 403 g/mol. The van der Waals surface area contributed by atoms with Crippen LogP contribution in [0.4, 0.5) is 4.39 Å². The number of ether oxygens (including phenoxy) is 1. The summed E-state index contributed by atoms with van der Waals surface area (Å²) in [6.07, 6.45) is 0. The summed E-state index contributed by atoms with van der Waals surface area (Å²) in [7, 11) is -3.72. The van der Waals surface area contributed by atoms with Gasteiger partial charge in [0.05, 0.1) is 4.90 Å². The van der Waals surface area contributed by atoms with Crippen molar-refractivity contribution in [3.8, 4) is 5.75 Å². The Balaban J connectivity index is 1.55. The van der Waals surface area contributed by atoms with Crippen LogP contribution in [0, 0.1) is 5.82 Å². The molecule has 1 aliphatic heterocycles. The third kappa shape index (κ3) is 4.69.